The van der Waals surface area contributed by atoms with Crippen molar-refractivity contribution in [1.82, 2.24) is 5.32 Å². The number of amides is 2. The lowest BCUT2D eigenvalue weighted by molar-refractivity contribution is -0.116. The van der Waals surface area contributed by atoms with Crippen LogP contribution < -0.4 is 25.2 Å². The summed E-state index contributed by atoms with van der Waals surface area (Å²) in [6.07, 6.45) is 1.77. The predicted octanol–water partition coefficient (Wildman–Crippen LogP) is 4.75. The molecule has 1 aliphatic heterocycles. The fourth-order valence-electron chi connectivity index (χ4n) is 4.89. The monoisotopic (exact) mass is 544 g/mol. The third-order valence-corrected chi connectivity index (χ3v) is 7.01. The molecule has 0 bridgehead atoms. The van der Waals surface area contributed by atoms with Gasteiger partial charge in [-0.25, -0.2) is 0 Å². The maximum atomic E-state index is 13.3. The maximum absolute atomic E-state index is 13.3. The van der Waals surface area contributed by atoms with Gasteiger partial charge in [-0.15, -0.1) is 0 Å². The second-order valence-electron chi connectivity index (χ2n) is 9.72. The summed E-state index contributed by atoms with van der Waals surface area (Å²) in [5.74, 6) is 0.625. The van der Waals surface area contributed by atoms with E-state index in [1.54, 1.807) is 13.2 Å². The van der Waals surface area contributed by atoms with Crippen LogP contribution in [-0.4, -0.2) is 64.9 Å². The van der Waals surface area contributed by atoms with Crippen LogP contribution in [-0.2, 0) is 16.0 Å². The maximum Gasteiger partial charge on any atom is 0.253 e. The summed E-state index contributed by atoms with van der Waals surface area (Å²) in [5.41, 5.74) is 4.24. The number of benzene rings is 3. The van der Waals surface area contributed by atoms with Crippen molar-refractivity contribution in [2.24, 2.45) is 0 Å². The SMILES string of the molecule is CCOCCCNC(=O)c1cc(NC(=O)CCc2ccccc2)ccc1N1CCN(c2ccccc2OC)CC1. The van der Waals surface area contributed by atoms with Gasteiger partial charge in [0.05, 0.1) is 18.4 Å². The van der Waals surface area contributed by atoms with E-state index in [0.717, 1.165) is 55.3 Å². The Balaban J connectivity index is 1.45. The Morgan fingerprint density at radius 1 is 0.875 bits per heavy atom. The molecule has 0 saturated carbocycles. The zero-order valence-corrected chi connectivity index (χ0v) is 23.5. The third kappa shape index (κ3) is 7.99. The van der Waals surface area contributed by atoms with Crippen molar-refractivity contribution in [2.45, 2.75) is 26.2 Å². The Hall–Kier alpha value is -4.04. The first-order chi connectivity index (χ1) is 19.6. The lowest BCUT2D eigenvalue weighted by Gasteiger charge is -2.38. The molecule has 8 heteroatoms. The van der Waals surface area contributed by atoms with Crippen molar-refractivity contribution >= 4 is 28.9 Å². The highest BCUT2D eigenvalue weighted by Gasteiger charge is 2.24. The van der Waals surface area contributed by atoms with Gasteiger partial charge in [0.15, 0.2) is 0 Å². The number of nitrogens with one attached hydrogen (secondary N) is 2. The molecule has 40 heavy (non-hydrogen) atoms. The first kappa shape index (κ1) is 29.0. The van der Waals surface area contributed by atoms with Crippen molar-refractivity contribution in [3.05, 3.63) is 83.9 Å². The fourth-order valence-corrected chi connectivity index (χ4v) is 4.89. The fraction of sp³-hybridized carbons (Fsp3) is 0.375. The average Bonchev–Trinajstić information content (AvgIpc) is 3.00. The largest absolute Gasteiger partial charge is 0.495 e. The molecule has 212 valence electrons. The summed E-state index contributed by atoms with van der Waals surface area (Å²) < 4.78 is 11.0. The van der Waals surface area contributed by atoms with Gasteiger partial charge in [-0.3, -0.25) is 9.59 Å². The van der Waals surface area contributed by atoms with Crippen molar-refractivity contribution in [2.75, 3.05) is 68.2 Å². The summed E-state index contributed by atoms with van der Waals surface area (Å²) in [6.45, 7) is 6.85. The molecule has 4 rings (SSSR count). The van der Waals surface area contributed by atoms with E-state index in [1.165, 1.54) is 0 Å². The van der Waals surface area contributed by atoms with Crippen LogP contribution in [0.1, 0.15) is 35.7 Å². The molecule has 1 saturated heterocycles. The van der Waals surface area contributed by atoms with Crippen LogP contribution >= 0.6 is 0 Å². The average molecular weight is 545 g/mol. The minimum atomic E-state index is -0.154. The molecule has 0 spiro atoms. The van der Waals surface area contributed by atoms with Crippen LogP contribution in [0.3, 0.4) is 0 Å². The van der Waals surface area contributed by atoms with Crippen molar-refractivity contribution in [3.8, 4) is 5.75 Å². The number of ether oxygens (including phenoxy) is 2. The number of rotatable bonds is 13. The van der Waals surface area contributed by atoms with Gasteiger partial charge in [0.1, 0.15) is 5.75 Å². The summed E-state index contributed by atoms with van der Waals surface area (Å²) in [5, 5.41) is 6.01. The molecule has 3 aromatic rings. The number of hydrogen-bond acceptors (Lipinski definition) is 6. The number of carbonyl (C=O) groups is 2. The molecule has 0 radical (unpaired) electrons. The van der Waals surface area contributed by atoms with Gasteiger partial charge in [-0.1, -0.05) is 42.5 Å². The molecule has 2 N–H and O–H groups in total. The molecule has 0 atom stereocenters. The first-order valence-corrected chi connectivity index (χ1v) is 14.1. The third-order valence-electron chi connectivity index (χ3n) is 7.01. The lowest BCUT2D eigenvalue weighted by atomic mass is 10.1. The van der Waals surface area contributed by atoms with Crippen molar-refractivity contribution < 1.29 is 19.1 Å². The number of hydrogen-bond donors (Lipinski definition) is 2. The summed E-state index contributed by atoms with van der Waals surface area (Å²) >= 11 is 0. The molecular weight excluding hydrogens is 504 g/mol. The molecule has 0 aromatic heterocycles. The van der Waals surface area contributed by atoms with E-state index in [9.17, 15) is 9.59 Å². The molecule has 0 unspecified atom stereocenters. The highest BCUT2D eigenvalue weighted by atomic mass is 16.5. The summed E-state index contributed by atoms with van der Waals surface area (Å²) in [4.78, 5) is 30.6. The second-order valence-corrected chi connectivity index (χ2v) is 9.72. The Labute approximate surface area is 237 Å². The molecule has 3 aromatic carbocycles. The zero-order valence-electron chi connectivity index (χ0n) is 23.5. The predicted molar refractivity (Wildman–Crippen MR) is 161 cm³/mol. The van der Waals surface area contributed by atoms with Gasteiger partial charge >= 0.3 is 0 Å². The number of carbonyl (C=O) groups excluding carboxylic acids is 2. The highest BCUT2D eigenvalue weighted by Crippen LogP contribution is 2.31. The molecular formula is C32H40N4O4. The van der Waals surface area contributed by atoms with Crippen LogP contribution in [0.15, 0.2) is 72.8 Å². The minimum absolute atomic E-state index is 0.0786. The molecule has 8 nitrogen and oxygen atoms in total. The Morgan fingerprint density at radius 3 is 2.30 bits per heavy atom. The summed E-state index contributed by atoms with van der Waals surface area (Å²) in [7, 11) is 1.69. The van der Waals surface area contributed by atoms with Crippen molar-refractivity contribution in [3.63, 3.8) is 0 Å². The number of anilines is 3. The first-order valence-electron chi connectivity index (χ1n) is 14.1. The number of aryl methyl sites for hydroxylation is 1. The smallest absolute Gasteiger partial charge is 0.253 e. The standard InChI is InChI=1S/C32H40N4O4/c1-3-40-23-9-18-33-32(38)27-24-26(34-31(37)17-14-25-10-5-4-6-11-25)15-16-28(27)35-19-21-36(22-20-35)29-12-7-8-13-30(29)39-2/h4-8,10-13,15-16,24H,3,9,14,17-23H2,1-2H3,(H,33,38)(H,34,37). The Morgan fingerprint density at radius 2 is 1.57 bits per heavy atom. The van der Waals surface area contributed by atoms with Crippen LogP contribution in [0.2, 0.25) is 0 Å². The van der Waals surface area contributed by atoms with Gasteiger partial charge in [-0.05, 0) is 55.7 Å². The van der Waals surface area contributed by atoms with Crippen LogP contribution in [0.4, 0.5) is 17.1 Å². The zero-order chi connectivity index (χ0) is 28.2. The van der Waals surface area contributed by atoms with Gasteiger partial charge < -0.3 is 29.9 Å². The number of piperazine rings is 1. The Kier molecular flexibility index (Phi) is 10.8. The minimum Gasteiger partial charge on any atom is -0.495 e. The van der Waals surface area contributed by atoms with Crippen LogP contribution in [0.25, 0.3) is 0 Å². The Bertz CT molecular complexity index is 1240. The molecule has 2 amide bonds. The molecule has 1 heterocycles. The summed E-state index contributed by atoms with van der Waals surface area (Å²) in [6, 6.07) is 23.6. The van der Waals surface area contributed by atoms with Gasteiger partial charge in [0.25, 0.3) is 5.91 Å². The molecule has 1 aliphatic rings. The number of nitrogens with zero attached hydrogens (tertiary/aromatic N) is 2. The van der Waals surface area contributed by atoms with Gasteiger partial charge in [-0.2, -0.15) is 0 Å². The lowest BCUT2D eigenvalue weighted by Crippen LogP contribution is -2.47. The van der Waals surface area contributed by atoms with Crippen molar-refractivity contribution in [1.29, 1.82) is 0 Å². The topological polar surface area (TPSA) is 83.1 Å². The van der Waals surface area contributed by atoms with E-state index in [0.29, 0.717) is 43.9 Å². The van der Waals surface area contributed by atoms with E-state index in [-0.39, 0.29) is 11.8 Å². The van der Waals surface area contributed by atoms with E-state index in [1.807, 2.05) is 67.6 Å². The molecule has 1 fully saturated rings. The number of para-hydroxylation sites is 2. The normalized spacial score (nSPS) is 13.2. The number of methoxy groups -OCH3 is 1. The van der Waals surface area contributed by atoms with Gasteiger partial charge in [0, 0.05) is 63.7 Å². The second kappa shape index (κ2) is 14.9. The van der Waals surface area contributed by atoms with Crippen LogP contribution in [0, 0.1) is 0 Å². The highest BCUT2D eigenvalue weighted by molar-refractivity contribution is 6.02. The van der Waals surface area contributed by atoms with Crippen LogP contribution in [0.5, 0.6) is 5.75 Å². The quantitative estimate of drug-likeness (QED) is 0.302. The van der Waals surface area contributed by atoms with E-state index in [2.05, 4.69) is 26.5 Å². The molecule has 0 aliphatic carbocycles. The van der Waals surface area contributed by atoms with Gasteiger partial charge in [0.2, 0.25) is 5.91 Å². The van der Waals surface area contributed by atoms with E-state index < -0.39 is 0 Å². The van der Waals surface area contributed by atoms with E-state index >= 15 is 0 Å². The van der Waals surface area contributed by atoms with E-state index in [4.69, 9.17) is 9.47 Å².